The van der Waals surface area contributed by atoms with Crippen molar-refractivity contribution in [2.75, 3.05) is 14.1 Å². The van der Waals surface area contributed by atoms with Crippen LogP contribution in [0.5, 0.6) is 0 Å². The Labute approximate surface area is 149 Å². The summed E-state index contributed by atoms with van der Waals surface area (Å²) in [6, 6.07) is 13.5. The fraction of sp³-hybridized carbons (Fsp3) is 0.381. The number of amides is 1. The average Bonchev–Trinajstić information content (AvgIpc) is 2.57. The molecule has 2 aromatic carbocycles. The predicted molar refractivity (Wildman–Crippen MR) is 98.0 cm³/mol. The van der Waals surface area contributed by atoms with Gasteiger partial charge in [-0.05, 0) is 61.2 Å². The molecule has 0 aromatic heterocycles. The van der Waals surface area contributed by atoms with Gasteiger partial charge in [0.05, 0.1) is 0 Å². The van der Waals surface area contributed by atoms with Crippen molar-refractivity contribution in [2.45, 2.75) is 38.9 Å². The molecule has 0 fully saturated rings. The molecule has 3 nitrogen and oxygen atoms in total. The third-order valence-electron chi connectivity index (χ3n) is 5.08. The standard InChI is InChI=1S/C21H25FN2O/c1-14-10-18-12-19(22)8-9-20(18)15(2)24(14)13-16-6-5-7-17(11-16)21(25)23(3)4/h5-9,11-12,14-15H,10,13H2,1-4H3/t14-,15-/m0/s1. The van der Waals surface area contributed by atoms with Crippen LogP contribution >= 0.6 is 0 Å². The lowest BCUT2D eigenvalue weighted by atomic mass is 9.89. The van der Waals surface area contributed by atoms with Gasteiger partial charge in [-0.2, -0.15) is 0 Å². The van der Waals surface area contributed by atoms with Crippen LogP contribution in [0, 0.1) is 5.82 Å². The number of rotatable bonds is 3. The van der Waals surface area contributed by atoms with Gasteiger partial charge in [0.2, 0.25) is 0 Å². The van der Waals surface area contributed by atoms with Crippen molar-refractivity contribution in [1.82, 2.24) is 9.80 Å². The zero-order valence-corrected chi connectivity index (χ0v) is 15.3. The zero-order chi connectivity index (χ0) is 18.1. The lowest BCUT2D eigenvalue weighted by Crippen LogP contribution is -2.40. The largest absolute Gasteiger partial charge is 0.345 e. The topological polar surface area (TPSA) is 23.6 Å². The van der Waals surface area contributed by atoms with E-state index in [1.807, 2.05) is 24.3 Å². The summed E-state index contributed by atoms with van der Waals surface area (Å²) >= 11 is 0. The van der Waals surface area contributed by atoms with Crippen LogP contribution in [0.3, 0.4) is 0 Å². The maximum Gasteiger partial charge on any atom is 0.253 e. The second-order valence-corrected chi connectivity index (χ2v) is 7.14. The summed E-state index contributed by atoms with van der Waals surface area (Å²) in [5.41, 5.74) is 4.13. The van der Waals surface area contributed by atoms with Gasteiger partial charge in [0.15, 0.2) is 0 Å². The number of hydrogen-bond donors (Lipinski definition) is 0. The Morgan fingerprint density at radius 1 is 1.20 bits per heavy atom. The van der Waals surface area contributed by atoms with E-state index >= 15 is 0 Å². The van der Waals surface area contributed by atoms with Crippen LogP contribution in [-0.4, -0.2) is 35.8 Å². The molecule has 3 rings (SSSR count). The number of halogens is 1. The molecule has 4 heteroatoms. The van der Waals surface area contributed by atoms with Crippen LogP contribution in [0.2, 0.25) is 0 Å². The van der Waals surface area contributed by atoms with Crippen molar-refractivity contribution in [1.29, 1.82) is 0 Å². The summed E-state index contributed by atoms with van der Waals surface area (Å²) in [7, 11) is 3.53. The normalized spacial score (nSPS) is 20.2. The highest BCUT2D eigenvalue weighted by molar-refractivity contribution is 5.94. The van der Waals surface area contributed by atoms with E-state index in [2.05, 4.69) is 24.8 Å². The molecule has 2 atom stereocenters. The van der Waals surface area contributed by atoms with Gasteiger partial charge in [0, 0.05) is 38.3 Å². The molecule has 2 aromatic rings. The van der Waals surface area contributed by atoms with E-state index in [-0.39, 0.29) is 17.8 Å². The SMILES string of the molecule is C[C@H]1Cc2cc(F)ccc2[C@H](C)N1Cc1cccc(C(=O)N(C)C)c1. The quantitative estimate of drug-likeness (QED) is 0.842. The maximum atomic E-state index is 13.5. The Bertz CT molecular complexity index is 787. The molecule has 0 saturated carbocycles. The Kier molecular flexibility index (Phi) is 4.91. The van der Waals surface area contributed by atoms with E-state index < -0.39 is 0 Å². The molecule has 132 valence electrons. The van der Waals surface area contributed by atoms with Crippen molar-refractivity contribution in [3.05, 3.63) is 70.5 Å². The van der Waals surface area contributed by atoms with Crippen molar-refractivity contribution < 1.29 is 9.18 Å². The van der Waals surface area contributed by atoms with Crippen LogP contribution in [0.25, 0.3) is 0 Å². The molecule has 0 radical (unpaired) electrons. The highest BCUT2D eigenvalue weighted by atomic mass is 19.1. The zero-order valence-electron chi connectivity index (χ0n) is 15.3. The molecule has 0 spiro atoms. The van der Waals surface area contributed by atoms with Crippen molar-refractivity contribution in [3.63, 3.8) is 0 Å². The van der Waals surface area contributed by atoms with Gasteiger partial charge in [0.25, 0.3) is 5.91 Å². The van der Waals surface area contributed by atoms with E-state index in [1.54, 1.807) is 31.1 Å². The molecule has 25 heavy (non-hydrogen) atoms. The molecule has 0 aliphatic carbocycles. The van der Waals surface area contributed by atoms with Crippen LogP contribution in [0.1, 0.15) is 46.9 Å². The first kappa shape index (κ1) is 17.6. The van der Waals surface area contributed by atoms with Crippen LogP contribution < -0.4 is 0 Å². The molecule has 0 saturated heterocycles. The van der Waals surface area contributed by atoms with Crippen LogP contribution in [0.4, 0.5) is 4.39 Å². The van der Waals surface area contributed by atoms with E-state index in [9.17, 15) is 9.18 Å². The van der Waals surface area contributed by atoms with Crippen molar-refractivity contribution >= 4 is 5.91 Å². The molecule has 1 amide bonds. The number of carbonyl (C=O) groups is 1. The molecule has 0 N–H and O–H groups in total. The minimum Gasteiger partial charge on any atom is -0.345 e. The van der Waals surface area contributed by atoms with Crippen molar-refractivity contribution in [2.24, 2.45) is 0 Å². The molecular formula is C21H25FN2O. The van der Waals surface area contributed by atoms with E-state index in [0.29, 0.717) is 11.6 Å². The van der Waals surface area contributed by atoms with Crippen molar-refractivity contribution in [3.8, 4) is 0 Å². The second-order valence-electron chi connectivity index (χ2n) is 7.14. The Balaban J connectivity index is 1.84. The van der Waals surface area contributed by atoms with Gasteiger partial charge in [-0.15, -0.1) is 0 Å². The molecular weight excluding hydrogens is 315 g/mol. The van der Waals surface area contributed by atoms with Gasteiger partial charge in [0.1, 0.15) is 5.82 Å². The summed E-state index contributed by atoms with van der Waals surface area (Å²) in [5, 5.41) is 0. The van der Waals surface area contributed by atoms with Gasteiger partial charge in [-0.3, -0.25) is 9.69 Å². The molecule has 1 heterocycles. The van der Waals surface area contributed by atoms with E-state index in [1.165, 1.54) is 5.56 Å². The maximum absolute atomic E-state index is 13.5. The first-order valence-electron chi connectivity index (χ1n) is 8.71. The highest BCUT2D eigenvalue weighted by Gasteiger charge is 2.29. The van der Waals surface area contributed by atoms with Gasteiger partial charge >= 0.3 is 0 Å². The predicted octanol–water partition coefficient (Wildman–Crippen LogP) is 4.04. The molecule has 1 aliphatic rings. The fourth-order valence-electron chi connectivity index (χ4n) is 3.72. The first-order chi connectivity index (χ1) is 11.9. The Morgan fingerprint density at radius 2 is 1.96 bits per heavy atom. The van der Waals surface area contributed by atoms with Crippen LogP contribution in [0.15, 0.2) is 42.5 Å². The third-order valence-corrected chi connectivity index (χ3v) is 5.08. The minimum atomic E-state index is -0.165. The summed E-state index contributed by atoms with van der Waals surface area (Å²) in [6.45, 7) is 5.12. The van der Waals surface area contributed by atoms with E-state index in [4.69, 9.17) is 0 Å². The monoisotopic (exact) mass is 340 g/mol. The lowest BCUT2D eigenvalue weighted by molar-refractivity contribution is 0.0827. The Morgan fingerprint density at radius 3 is 2.68 bits per heavy atom. The summed E-state index contributed by atoms with van der Waals surface area (Å²) in [5.74, 6) is -0.149. The summed E-state index contributed by atoms with van der Waals surface area (Å²) in [4.78, 5) is 16.2. The third kappa shape index (κ3) is 3.59. The summed E-state index contributed by atoms with van der Waals surface area (Å²) < 4.78 is 13.5. The van der Waals surface area contributed by atoms with Gasteiger partial charge in [-0.1, -0.05) is 18.2 Å². The number of carbonyl (C=O) groups excluding carboxylic acids is 1. The second kappa shape index (κ2) is 6.96. The number of benzene rings is 2. The van der Waals surface area contributed by atoms with Gasteiger partial charge < -0.3 is 4.90 Å². The molecule has 1 aliphatic heterocycles. The average molecular weight is 340 g/mol. The number of hydrogen-bond acceptors (Lipinski definition) is 2. The number of nitrogens with zero attached hydrogens (tertiary/aromatic N) is 2. The smallest absolute Gasteiger partial charge is 0.253 e. The van der Waals surface area contributed by atoms with Gasteiger partial charge in [-0.25, -0.2) is 4.39 Å². The highest BCUT2D eigenvalue weighted by Crippen LogP contribution is 2.34. The lowest BCUT2D eigenvalue weighted by Gasteiger charge is -2.40. The molecule has 0 unspecified atom stereocenters. The summed E-state index contributed by atoms with van der Waals surface area (Å²) in [6.07, 6.45) is 0.841. The fourth-order valence-corrected chi connectivity index (χ4v) is 3.72. The van der Waals surface area contributed by atoms with Crippen LogP contribution in [-0.2, 0) is 13.0 Å². The number of fused-ring (bicyclic) bond motifs is 1. The first-order valence-corrected chi connectivity index (χ1v) is 8.71. The van der Waals surface area contributed by atoms with E-state index in [0.717, 1.165) is 24.1 Å². The molecule has 0 bridgehead atoms. The Hall–Kier alpha value is -2.20. The minimum absolute atomic E-state index is 0.0161.